The monoisotopic (exact) mass is 368 g/mol. The molecule has 0 aliphatic rings. The zero-order chi connectivity index (χ0) is 13.2. The maximum absolute atomic E-state index is 3.53. The molecular weight excluding hydrogens is 356 g/mol. The predicted octanol–water partition coefficient (Wildman–Crippen LogP) is 6.92. The number of hydrogen-bond acceptors (Lipinski definition) is 3. The third-order valence-electron chi connectivity index (χ3n) is 2.82. The van der Waals surface area contributed by atoms with E-state index in [2.05, 4.69) is 59.3 Å². The van der Waals surface area contributed by atoms with E-state index in [-0.39, 0.29) is 0 Å². The van der Waals surface area contributed by atoms with Gasteiger partial charge in [-0.15, -0.1) is 34.0 Å². The summed E-state index contributed by atoms with van der Waals surface area (Å²) in [4.78, 5) is 6.97. The molecule has 0 N–H and O–H groups in total. The van der Waals surface area contributed by atoms with Crippen molar-refractivity contribution < 1.29 is 0 Å². The fourth-order valence-corrected chi connectivity index (χ4v) is 5.62. The summed E-state index contributed by atoms with van der Waals surface area (Å²) in [5.74, 6) is 0. The highest BCUT2D eigenvalue weighted by atomic mass is 79.9. The average Bonchev–Trinajstić information content (AvgIpc) is 3.07. The van der Waals surface area contributed by atoms with Crippen LogP contribution in [0.2, 0.25) is 0 Å². The zero-order valence-corrected chi connectivity index (χ0v) is 14.5. The van der Waals surface area contributed by atoms with Gasteiger partial charge in [0.1, 0.15) is 0 Å². The summed E-state index contributed by atoms with van der Waals surface area (Å²) in [6, 6.07) is 13.3. The van der Waals surface area contributed by atoms with Crippen LogP contribution in [0.1, 0.15) is 18.2 Å². The van der Waals surface area contributed by atoms with Crippen molar-refractivity contribution in [3.05, 3.63) is 45.1 Å². The topological polar surface area (TPSA) is 0 Å². The molecule has 0 radical (unpaired) electrons. The van der Waals surface area contributed by atoms with Crippen LogP contribution in [0.5, 0.6) is 0 Å². The molecule has 19 heavy (non-hydrogen) atoms. The maximum atomic E-state index is 3.53. The SMILES string of the molecule is CCCc1ccc(-c2ccc(-c3ccc(Br)s3)s2)s1. The Bertz CT molecular complexity index is 675. The first-order valence-corrected chi connectivity index (χ1v) is 9.45. The van der Waals surface area contributed by atoms with Crippen LogP contribution in [0.25, 0.3) is 19.5 Å². The summed E-state index contributed by atoms with van der Waals surface area (Å²) < 4.78 is 1.19. The first kappa shape index (κ1) is 13.6. The van der Waals surface area contributed by atoms with E-state index < -0.39 is 0 Å². The molecule has 0 aliphatic heterocycles. The minimum Gasteiger partial charge on any atom is -0.139 e. The summed E-state index contributed by atoms with van der Waals surface area (Å²) in [5.41, 5.74) is 0. The summed E-state index contributed by atoms with van der Waals surface area (Å²) in [5, 5.41) is 0. The summed E-state index contributed by atoms with van der Waals surface area (Å²) in [7, 11) is 0. The van der Waals surface area contributed by atoms with E-state index in [1.165, 1.54) is 41.0 Å². The second-order valence-corrected chi connectivity index (χ2v) is 9.00. The Morgan fingerprint density at radius 3 is 2.00 bits per heavy atom. The van der Waals surface area contributed by atoms with Crippen LogP contribution >= 0.6 is 49.9 Å². The van der Waals surface area contributed by atoms with Gasteiger partial charge >= 0.3 is 0 Å². The number of aryl methyl sites for hydroxylation is 1. The lowest BCUT2D eigenvalue weighted by atomic mass is 10.3. The van der Waals surface area contributed by atoms with Crippen LogP contribution in [-0.4, -0.2) is 0 Å². The summed E-state index contributed by atoms with van der Waals surface area (Å²) >= 11 is 9.13. The molecule has 0 atom stereocenters. The quantitative estimate of drug-likeness (QED) is 0.468. The number of rotatable bonds is 4. The van der Waals surface area contributed by atoms with Crippen LogP contribution in [0.3, 0.4) is 0 Å². The molecule has 3 aromatic heterocycles. The Kier molecular flexibility index (Phi) is 4.22. The Hall–Kier alpha value is -0.420. The first-order chi connectivity index (χ1) is 9.26. The Morgan fingerprint density at radius 2 is 1.37 bits per heavy atom. The van der Waals surface area contributed by atoms with E-state index in [1.807, 2.05) is 22.7 Å². The second-order valence-electron chi connectivity index (χ2n) is 4.28. The highest BCUT2D eigenvalue weighted by molar-refractivity contribution is 9.11. The standard InChI is InChI=1S/C15H13BrS3/c1-2-3-10-4-5-11(17-10)12-6-7-13(18-12)14-8-9-15(16)19-14/h4-9H,2-3H2,1H3. The van der Waals surface area contributed by atoms with Crippen molar-refractivity contribution in [1.82, 2.24) is 0 Å². The van der Waals surface area contributed by atoms with E-state index >= 15 is 0 Å². The molecule has 0 saturated carbocycles. The van der Waals surface area contributed by atoms with Crippen LogP contribution in [0, 0.1) is 0 Å². The molecule has 4 heteroatoms. The summed E-state index contributed by atoms with van der Waals surface area (Å²) in [6.07, 6.45) is 2.42. The van der Waals surface area contributed by atoms with Gasteiger partial charge in [0.05, 0.1) is 3.79 Å². The zero-order valence-electron chi connectivity index (χ0n) is 10.5. The van der Waals surface area contributed by atoms with Crippen molar-refractivity contribution >= 4 is 49.9 Å². The number of thiophene rings is 3. The van der Waals surface area contributed by atoms with Gasteiger partial charge < -0.3 is 0 Å². The van der Waals surface area contributed by atoms with E-state index in [4.69, 9.17) is 0 Å². The van der Waals surface area contributed by atoms with Gasteiger partial charge in [-0.05, 0) is 58.7 Å². The largest absolute Gasteiger partial charge is 0.139 e. The van der Waals surface area contributed by atoms with E-state index in [0.717, 1.165) is 0 Å². The molecule has 98 valence electrons. The lowest BCUT2D eigenvalue weighted by molar-refractivity contribution is 0.940. The van der Waals surface area contributed by atoms with E-state index in [9.17, 15) is 0 Å². The molecule has 3 heterocycles. The first-order valence-electron chi connectivity index (χ1n) is 6.21. The van der Waals surface area contributed by atoms with Gasteiger partial charge in [0, 0.05) is 24.4 Å². The molecule has 0 fully saturated rings. The van der Waals surface area contributed by atoms with Crippen LogP contribution in [-0.2, 0) is 6.42 Å². The minimum absolute atomic E-state index is 1.19. The number of halogens is 1. The molecule has 0 unspecified atom stereocenters. The molecular formula is C15H13BrS3. The van der Waals surface area contributed by atoms with Gasteiger partial charge in [-0.25, -0.2) is 0 Å². The molecule has 0 aliphatic carbocycles. The Labute approximate surface area is 133 Å². The van der Waals surface area contributed by atoms with E-state index in [1.54, 1.807) is 11.3 Å². The fourth-order valence-electron chi connectivity index (χ4n) is 1.94. The van der Waals surface area contributed by atoms with Crippen molar-refractivity contribution in [2.45, 2.75) is 19.8 Å². The normalized spacial score (nSPS) is 11.1. The van der Waals surface area contributed by atoms with Crippen LogP contribution in [0.4, 0.5) is 0 Å². The van der Waals surface area contributed by atoms with Gasteiger partial charge in [-0.1, -0.05) is 13.3 Å². The highest BCUT2D eigenvalue weighted by Crippen LogP contribution is 2.40. The highest BCUT2D eigenvalue weighted by Gasteiger charge is 2.08. The fraction of sp³-hybridized carbons (Fsp3) is 0.200. The van der Waals surface area contributed by atoms with Gasteiger partial charge in [-0.3, -0.25) is 0 Å². The van der Waals surface area contributed by atoms with Gasteiger partial charge in [-0.2, -0.15) is 0 Å². The second kappa shape index (κ2) is 5.92. The molecule has 0 nitrogen and oxygen atoms in total. The van der Waals surface area contributed by atoms with Crippen LogP contribution in [0.15, 0.2) is 40.2 Å². The lowest BCUT2D eigenvalue weighted by Crippen LogP contribution is -1.71. The van der Waals surface area contributed by atoms with E-state index in [0.29, 0.717) is 0 Å². The van der Waals surface area contributed by atoms with Crippen molar-refractivity contribution in [2.75, 3.05) is 0 Å². The molecule has 0 aromatic carbocycles. The average molecular weight is 369 g/mol. The molecule has 3 rings (SSSR count). The van der Waals surface area contributed by atoms with Crippen molar-refractivity contribution in [3.63, 3.8) is 0 Å². The smallest absolute Gasteiger partial charge is 0.0705 e. The maximum Gasteiger partial charge on any atom is 0.0705 e. The van der Waals surface area contributed by atoms with Crippen molar-refractivity contribution in [1.29, 1.82) is 0 Å². The van der Waals surface area contributed by atoms with Gasteiger partial charge in [0.2, 0.25) is 0 Å². The van der Waals surface area contributed by atoms with Gasteiger partial charge in [0.15, 0.2) is 0 Å². The van der Waals surface area contributed by atoms with Crippen molar-refractivity contribution in [2.24, 2.45) is 0 Å². The molecule has 0 saturated heterocycles. The predicted molar refractivity (Wildman–Crippen MR) is 92.6 cm³/mol. The lowest BCUT2D eigenvalue weighted by Gasteiger charge is -1.91. The minimum atomic E-state index is 1.19. The third kappa shape index (κ3) is 3.02. The third-order valence-corrected chi connectivity index (χ3v) is 7.07. The van der Waals surface area contributed by atoms with Crippen molar-refractivity contribution in [3.8, 4) is 19.5 Å². The molecule has 0 bridgehead atoms. The Balaban J connectivity index is 1.87. The molecule has 0 spiro atoms. The summed E-state index contributed by atoms with van der Waals surface area (Å²) in [6.45, 7) is 2.23. The van der Waals surface area contributed by atoms with Crippen LogP contribution < -0.4 is 0 Å². The molecule has 0 amide bonds. The molecule has 3 aromatic rings. The number of hydrogen-bond donors (Lipinski definition) is 0. The van der Waals surface area contributed by atoms with Gasteiger partial charge in [0.25, 0.3) is 0 Å². The Morgan fingerprint density at radius 1 is 0.789 bits per heavy atom.